The fourth-order valence-corrected chi connectivity index (χ4v) is 2.40. The Kier molecular flexibility index (Phi) is 5.57. The van der Waals surface area contributed by atoms with Crippen LogP contribution < -0.4 is 21.0 Å². The Balaban J connectivity index is 1.61. The third kappa shape index (κ3) is 5.15. The van der Waals surface area contributed by atoms with E-state index in [9.17, 15) is 27.6 Å². The van der Waals surface area contributed by atoms with Gasteiger partial charge in [0.05, 0.1) is 18.4 Å². The number of amides is 3. The zero-order chi connectivity index (χ0) is 21.0. The van der Waals surface area contributed by atoms with E-state index in [-0.39, 0.29) is 23.3 Å². The van der Waals surface area contributed by atoms with Gasteiger partial charge in [-0.05, 0) is 24.3 Å². The molecule has 2 heterocycles. The minimum absolute atomic E-state index is 0.0221. The summed E-state index contributed by atoms with van der Waals surface area (Å²) in [7, 11) is 0. The second-order valence-corrected chi connectivity index (χ2v) is 5.73. The number of hydrogen-bond donors (Lipinski definition) is 2. The number of benzene rings is 1. The highest BCUT2D eigenvalue weighted by atomic mass is 19.4. The van der Waals surface area contributed by atoms with Crippen LogP contribution in [0.1, 0.15) is 11.3 Å². The molecule has 3 rings (SSSR count). The van der Waals surface area contributed by atoms with E-state index >= 15 is 0 Å². The lowest BCUT2D eigenvalue weighted by molar-refractivity contribution is -0.136. The van der Waals surface area contributed by atoms with Crippen LogP contribution in [0.5, 0.6) is 5.75 Å². The Bertz CT molecular complexity index is 1090. The molecule has 2 aromatic heterocycles. The molecule has 0 spiro atoms. The number of carbonyl (C=O) groups is 2. The highest BCUT2D eigenvalue weighted by molar-refractivity contribution is 5.95. The maximum absolute atomic E-state index is 13.0. The van der Waals surface area contributed by atoms with Gasteiger partial charge in [0, 0.05) is 17.5 Å². The molecular formula is C18H13F3N2O6. The molecule has 0 bridgehead atoms. The smallest absolute Gasteiger partial charge is 0.417 e. The Morgan fingerprint density at radius 1 is 1.14 bits per heavy atom. The van der Waals surface area contributed by atoms with E-state index in [4.69, 9.17) is 13.6 Å². The third-order valence-electron chi connectivity index (χ3n) is 3.65. The summed E-state index contributed by atoms with van der Waals surface area (Å²) in [6.45, 7) is -0.527. The number of carbonyl (C=O) groups excluding carboxylic acids is 2. The predicted octanol–water partition coefficient (Wildman–Crippen LogP) is 2.81. The maximum Gasteiger partial charge on any atom is 0.417 e. The number of ether oxygens (including phenoxy) is 1. The Labute approximate surface area is 160 Å². The number of nitrogens with one attached hydrogen (secondary N) is 2. The molecule has 8 nitrogen and oxygen atoms in total. The molecule has 2 N–H and O–H groups in total. The van der Waals surface area contributed by atoms with E-state index in [0.29, 0.717) is 11.8 Å². The van der Waals surface area contributed by atoms with Crippen molar-refractivity contribution in [2.45, 2.75) is 12.7 Å². The molecule has 152 valence electrons. The quantitative estimate of drug-likeness (QED) is 0.626. The zero-order valence-electron chi connectivity index (χ0n) is 14.5. The number of fused-ring (bicyclic) bond motifs is 1. The van der Waals surface area contributed by atoms with Crippen LogP contribution in [0.25, 0.3) is 11.0 Å². The summed E-state index contributed by atoms with van der Waals surface area (Å²) in [4.78, 5) is 34.7. The molecule has 0 radical (unpaired) electrons. The Hall–Kier alpha value is -3.76. The Morgan fingerprint density at radius 3 is 2.62 bits per heavy atom. The van der Waals surface area contributed by atoms with Crippen molar-refractivity contribution >= 4 is 22.9 Å². The minimum atomic E-state index is -4.74. The molecule has 0 aliphatic heterocycles. The molecule has 0 aliphatic rings. The van der Waals surface area contributed by atoms with Gasteiger partial charge in [-0.15, -0.1) is 0 Å². The zero-order valence-corrected chi connectivity index (χ0v) is 14.5. The summed E-state index contributed by atoms with van der Waals surface area (Å²) in [5.41, 5.74) is -2.66. The van der Waals surface area contributed by atoms with Gasteiger partial charge in [0.1, 0.15) is 17.1 Å². The monoisotopic (exact) mass is 410 g/mol. The van der Waals surface area contributed by atoms with Gasteiger partial charge in [-0.3, -0.25) is 10.1 Å². The van der Waals surface area contributed by atoms with Gasteiger partial charge in [-0.2, -0.15) is 13.2 Å². The number of furan rings is 1. The van der Waals surface area contributed by atoms with Crippen LogP contribution in [0, 0.1) is 0 Å². The number of alkyl halides is 3. The molecule has 3 amide bonds. The predicted molar refractivity (Wildman–Crippen MR) is 92.1 cm³/mol. The lowest BCUT2D eigenvalue weighted by Crippen LogP contribution is -2.41. The summed E-state index contributed by atoms with van der Waals surface area (Å²) in [6.07, 6.45) is -3.31. The number of rotatable bonds is 5. The second kappa shape index (κ2) is 8.09. The van der Waals surface area contributed by atoms with Crippen molar-refractivity contribution in [2.75, 3.05) is 6.61 Å². The van der Waals surface area contributed by atoms with Gasteiger partial charge < -0.3 is 18.9 Å². The van der Waals surface area contributed by atoms with Gasteiger partial charge >= 0.3 is 17.8 Å². The SMILES string of the molecule is O=C(COc1ccc2c(C(F)(F)F)cc(=O)oc2c1)NC(=O)NCc1ccco1. The fraction of sp³-hybridized carbons (Fsp3) is 0.167. The maximum atomic E-state index is 13.0. The first-order valence-corrected chi connectivity index (χ1v) is 8.10. The molecule has 11 heteroatoms. The summed E-state index contributed by atoms with van der Waals surface area (Å²) < 4.78 is 54.0. The van der Waals surface area contributed by atoms with Gasteiger partial charge in [-0.1, -0.05) is 0 Å². The first-order valence-electron chi connectivity index (χ1n) is 8.10. The van der Waals surface area contributed by atoms with Crippen molar-refractivity contribution in [3.63, 3.8) is 0 Å². The molecule has 0 atom stereocenters. The number of hydrogen-bond acceptors (Lipinski definition) is 6. The summed E-state index contributed by atoms with van der Waals surface area (Å²) in [5.74, 6) is -0.335. The number of imide groups is 1. The fourth-order valence-electron chi connectivity index (χ4n) is 2.40. The van der Waals surface area contributed by atoms with Gasteiger partial charge in [0.15, 0.2) is 6.61 Å². The van der Waals surface area contributed by atoms with Crippen LogP contribution >= 0.6 is 0 Å². The highest BCUT2D eigenvalue weighted by Gasteiger charge is 2.33. The van der Waals surface area contributed by atoms with Crippen molar-refractivity contribution in [1.29, 1.82) is 0 Å². The minimum Gasteiger partial charge on any atom is -0.484 e. The molecular weight excluding hydrogens is 397 g/mol. The molecule has 0 saturated heterocycles. The molecule has 1 aromatic carbocycles. The molecule has 0 fully saturated rings. The topological polar surface area (TPSA) is 111 Å². The van der Waals surface area contributed by atoms with Crippen LogP contribution in [0.4, 0.5) is 18.0 Å². The highest BCUT2D eigenvalue weighted by Crippen LogP contribution is 2.34. The van der Waals surface area contributed by atoms with Crippen molar-refractivity contribution in [1.82, 2.24) is 10.6 Å². The molecule has 0 saturated carbocycles. The summed E-state index contributed by atoms with van der Waals surface area (Å²) in [6, 6.07) is 6.14. The van der Waals surface area contributed by atoms with E-state index in [2.05, 4.69) is 5.32 Å². The standard InChI is InChI=1S/C18H13F3N2O6/c19-18(20,21)13-7-16(25)29-14-6-10(3-4-12(13)14)28-9-15(24)23-17(26)22-8-11-2-1-5-27-11/h1-7H,8-9H2,(H2,22,23,24,26). The molecule has 0 unspecified atom stereocenters. The van der Waals surface area contributed by atoms with Crippen molar-refractivity contribution in [3.05, 3.63) is 64.4 Å². The van der Waals surface area contributed by atoms with Crippen molar-refractivity contribution in [3.8, 4) is 5.75 Å². The van der Waals surface area contributed by atoms with Crippen LogP contribution in [0.3, 0.4) is 0 Å². The molecule has 29 heavy (non-hydrogen) atoms. The first-order chi connectivity index (χ1) is 13.7. The van der Waals surface area contributed by atoms with Crippen LogP contribution in [-0.4, -0.2) is 18.5 Å². The molecule has 3 aromatic rings. The number of halogens is 3. The van der Waals surface area contributed by atoms with Crippen LogP contribution in [0.2, 0.25) is 0 Å². The Morgan fingerprint density at radius 2 is 1.93 bits per heavy atom. The van der Waals surface area contributed by atoms with Crippen LogP contribution in [0.15, 0.2) is 56.3 Å². The van der Waals surface area contributed by atoms with Gasteiger partial charge in [-0.25, -0.2) is 9.59 Å². The van der Waals surface area contributed by atoms with E-state index in [0.717, 1.165) is 12.1 Å². The van der Waals surface area contributed by atoms with E-state index in [1.807, 2.05) is 5.32 Å². The van der Waals surface area contributed by atoms with E-state index in [1.165, 1.54) is 12.3 Å². The van der Waals surface area contributed by atoms with Gasteiger partial charge in [0.25, 0.3) is 5.91 Å². The lowest BCUT2D eigenvalue weighted by Gasteiger charge is -2.11. The summed E-state index contributed by atoms with van der Waals surface area (Å²) >= 11 is 0. The van der Waals surface area contributed by atoms with Gasteiger partial charge in [0.2, 0.25) is 0 Å². The lowest BCUT2D eigenvalue weighted by atomic mass is 10.1. The average molecular weight is 410 g/mol. The van der Waals surface area contributed by atoms with Crippen molar-refractivity contribution < 1.29 is 36.3 Å². The number of urea groups is 1. The molecule has 0 aliphatic carbocycles. The average Bonchev–Trinajstić information content (AvgIpc) is 3.16. The van der Waals surface area contributed by atoms with Crippen molar-refractivity contribution in [2.24, 2.45) is 0 Å². The van der Waals surface area contributed by atoms with E-state index < -0.39 is 35.9 Å². The normalized spacial score (nSPS) is 11.3. The summed E-state index contributed by atoms with van der Waals surface area (Å²) in [5, 5.41) is 4.07. The first kappa shape index (κ1) is 20.0. The largest absolute Gasteiger partial charge is 0.484 e. The third-order valence-corrected chi connectivity index (χ3v) is 3.65. The second-order valence-electron chi connectivity index (χ2n) is 5.73. The van der Waals surface area contributed by atoms with E-state index in [1.54, 1.807) is 12.1 Å². The van der Waals surface area contributed by atoms with Crippen LogP contribution in [-0.2, 0) is 17.5 Å².